The van der Waals surface area contributed by atoms with Crippen LogP contribution in [0.15, 0.2) is 400 Å². The Bertz CT molecular complexity index is 7220. The maximum absolute atomic E-state index is 6.52. The average Bonchev–Trinajstić information content (AvgIpc) is 1.63. The second-order valence-electron chi connectivity index (χ2n) is 31.4. The number of ether oxygens (including phenoxy) is 6. The molecule has 125 heavy (non-hydrogen) atoms. The molecule has 3 heterocycles. The lowest BCUT2D eigenvalue weighted by Crippen LogP contribution is -2.11. The van der Waals surface area contributed by atoms with E-state index in [1.807, 2.05) is 72.8 Å². The van der Waals surface area contributed by atoms with Crippen LogP contribution in [0.2, 0.25) is 0 Å². The lowest BCUT2D eigenvalue weighted by Gasteiger charge is -2.28. The number of nitrogens with zero attached hydrogens (tertiary/aromatic N) is 4. The Morgan fingerprint density at radius 3 is 0.872 bits per heavy atom. The third-order valence-electron chi connectivity index (χ3n) is 23.3. The van der Waals surface area contributed by atoms with Gasteiger partial charge in [0.05, 0.1) is 23.1 Å². The maximum Gasteiger partial charge on any atom is 0.120 e. The molecule has 0 saturated heterocycles. The highest BCUT2D eigenvalue weighted by molar-refractivity contribution is 7.19. The number of para-hydroxylation sites is 2. The number of benzene rings is 19. The number of hydrogen-bond acceptors (Lipinski definition) is 13. The smallest absolute Gasteiger partial charge is 0.120 e. The van der Waals surface area contributed by atoms with Crippen LogP contribution in [0.25, 0.3) is 117 Å². The van der Waals surface area contributed by atoms with E-state index >= 15 is 0 Å². The van der Waals surface area contributed by atoms with Crippen molar-refractivity contribution >= 4 is 144 Å². The highest BCUT2D eigenvalue weighted by Crippen LogP contribution is 2.49. The van der Waals surface area contributed by atoms with E-state index in [-0.39, 0.29) is 0 Å². The van der Waals surface area contributed by atoms with E-state index in [4.69, 9.17) is 37.2 Å². The lowest BCUT2D eigenvalue weighted by molar-refractivity contribution is 0.291. The summed E-state index contributed by atoms with van der Waals surface area (Å²) in [6.45, 7) is 2.30. The van der Waals surface area contributed by atoms with Gasteiger partial charge in [0.2, 0.25) is 0 Å². The summed E-state index contributed by atoms with van der Waals surface area (Å²) < 4.78 is 48.6. The largest absolute Gasteiger partial charge is 0.489 e. The Labute approximate surface area is 735 Å². The Morgan fingerprint density at radius 1 is 0.216 bits per heavy atom. The second kappa shape index (κ2) is 33.7. The molecule has 13 heteroatoms. The number of hydrogen-bond donors (Lipinski definition) is 0. The summed E-state index contributed by atoms with van der Waals surface area (Å²) in [5, 5.41) is 15.1. The SMILES string of the molecule is c1ccc(N(c2cccc(COc3cccc(COc4cccc(COc5cccc(-c6ccc(-c7ccc(-c8ccc(-c9cccc(OCc%10cccc(OCc%11cccc(OCc%12cccc(N(c%13ccccc%13)c%13ccc%14ccc%15cccc%16ccc%13c%14c%15%16)c%12)c%11)c%10)c9)s8)c8nsnc78)s6)c5)c4)c3)c2)c2ccc3ccc4cccc5ccc2c3c45)cc1. The van der Waals surface area contributed by atoms with Crippen LogP contribution in [0.4, 0.5) is 34.1 Å². The number of fused-ring (bicyclic) bond motifs is 1. The van der Waals surface area contributed by atoms with Crippen molar-refractivity contribution in [1.82, 2.24) is 8.75 Å². The van der Waals surface area contributed by atoms with E-state index in [1.54, 1.807) is 22.7 Å². The summed E-state index contributed by atoms with van der Waals surface area (Å²) in [7, 11) is 0. The Kier molecular flexibility index (Phi) is 20.5. The van der Waals surface area contributed by atoms with E-state index in [2.05, 4.69) is 337 Å². The minimum atomic E-state index is 0.376. The Balaban J connectivity index is 0.407. The van der Waals surface area contributed by atoms with Gasteiger partial charge in [0.25, 0.3) is 0 Å². The van der Waals surface area contributed by atoms with Gasteiger partial charge in [0, 0.05) is 64.2 Å². The van der Waals surface area contributed by atoms with E-state index < -0.39 is 0 Å². The molecule has 22 rings (SSSR count). The van der Waals surface area contributed by atoms with Crippen molar-refractivity contribution < 1.29 is 28.4 Å². The van der Waals surface area contributed by atoms with Crippen LogP contribution in [0, 0.1) is 0 Å². The average molecular weight is 1670 g/mol. The first-order valence-corrected chi connectivity index (χ1v) is 44.2. The van der Waals surface area contributed by atoms with Crippen molar-refractivity contribution in [3.8, 4) is 76.3 Å². The van der Waals surface area contributed by atoms with Crippen LogP contribution < -0.4 is 38.2 Å². The van der Waals surface area contributed by atoms with Gasteiger partial charge in [-0.15, -0.1) is 22.7 Å². The number of rotatable bonds is 28. The van der Waals surface area contributed by atoms with Crippen molar-refractivity contribution in [1.29, 1.82) is 0 Å². The fraction of sp³-hybridized carbons (Fsp3) is 0.0536. The van der Waals surface area contributed by atoms with Gasteiger partial charge >= 0.3 is 0 Å². The van der Waals surface area contributed by atoms with Gasteiger partial charge in [-0.05, 0) is 256 Å². The summed E-state index contributed by atoms with van der Waals surface area (Å²) in [5.41, 5.74) is 18.7. The molecule has 0 aliphatic carbocycles. The fourth-order valence-electron chi connectivity index (χ4n) is 17.3. The topological polar surface area (TPSA) is 87.6 Å². The predicted molar refractivity (Wildman–Crippen MR) is 516 cm³/mol. The van der Waals surface area contributed by atoms with Crippen molar-refractivity contribution in [3.63, 3.8) is 0 Å². The minimum absolute atomic E-state index is 0.376. The highest BCUT2D eigenvalue weighted by atomic mass is 32.1. The van der Waals surface area contributed by atoms with Gasteiger partial charge in [-0.3, -0.25) is 0 Å². The number of thiophene rings is 2. The molecule has 0 fully saturated rings. The van der Waals surface area contributed by atoms with Gasteiger partial charge < -0.3 is 38.2 Å². The van der Waals surface area contributed by atoms with Crippen LogP contribution in [-0.4, -0.2) is 8.75 Å². The van der Waals surface area contributed by atoms with Gasteiger partial charge in [-0.1, -0.05) is 243 Å². The first kappa shape index (κ1) is 76.0. The molecule has 0 amide bonds. The molecule has 3 aromatic heterocycles. The van der Waals surface area contributed by atoms with E-state index in [0.29, 0.717) is 39.6 Å². The maximum atomic E-state index is 6.52. The van der Waals surface area contributed by atoms with Gasteiger partial charge in [-0.25, -0.2) is 0 Å². The zero-order valence-electron chi connectivity index (χ0n) is 67.8. The van der Waals surface area contributed by atoms with Crippen LogP contribution in [0.3, 0.4) is 0 Å². The highest BCUT2D eigenvalue weighted by Gasteiger charge is 2.24. The normalized spacial score (nSPS) is 11.6. The first-order chi connectivity index (χ1) is 61.9. The quantitative estimate of drug-likeness (QED) is 0.0442. The van der Waals surface area contributed by atoms with Crippen molar-refractivity contribution in [2.24, 2.45) is 0 Å². The molecule has 10 nitrogen and oxygen atoms in total. The molecule has 600 valence electrons. The molecule has 0 aliphatic heterocycles. The van der Waals surface area contributed by atoms with Gasteiger partial charge in [0.1, 0.15) is 85.2 Å². The van der Waals surface area contributed by atoms with Crippen LogP contribution in [0.1, 0.15) is 33.4 Å². The fourth-order valence-corrected chi connectivity index (χ4v) is 20.0. The lowest BCUT2D eigenvalue weighted by atomic mass is 9.93. The molecule has 0 radical (unpaired) electrons. The summed E-state index contributed by atoms with van der Waals surface area (Å²) >= 11 is 4.71. The standard InChI is InChI=1S/C112H78N4O6S3/c1-3-29-87(30-4-1)115(101-53-47-83-43-41-79-23-13-25-81-45-49-97(101)109(83)107(79)81)89-33-7-17-73(59-89)67-117-91-35-9-19-75(61-91)69-119-93-37-11-21-77(63-93)71-121-95-39-15-27-85(65-95)103-55-57-105(123-103)99-51-52-100(112-111(99)113-125-114-112)106-58-56-104(124-106)86-28-16-40-96(66-86)122-72-78-22-12-38-94(64-78)120-70-76-20-10-36-92(62-76)118-68-74-18-8-34-90(60-74)116(88-31-5-2-6-32-88)102-54-48-84-44-42-80-24-14-26-82-46-50-98(102)110(84)108(80)82/h1-66H,67-72H2. The minimum Gasteiger partial charge on any atom is -0.489 e. The Hall–Kier alpha value is -15.1. The van der Waals surface area contributed by atoms with Crippen molar-refractivity contribution in [3.05, 3.63) is 434 Å². The first-order valence-electron chi connectivity index (χ1n) is 41.9. The van der Waals surface area contributed by atoms with Crippen molar-refractivity contribution in [2.75, 3.05) is 9.80 Å². The zero-order valence-corrected chi connectivity index (χ0v) is 70.3. The summed E-state index contributed by atoms with van der Waals surface area (Å²) in [5.74, 6) is 4.63. The molecule has 0 spiro atoms. The molecule has 0 saturated carbocycles. The summed E-state index contributed by atoms with van der Waals surface area (Å²) in [4.78, 5) is 9.21. The molecule has 0 bridgehead atoms. The van der Waals surface area contributed by atoms with Crippen molar-refractivity contribution in [2.45, 2.75) is 39.6 Å². The molecule has 0 atom stereocenters. The monoisotopic (exact) mass is 1670 g/mol. The number of aromatic nitrogens is 2. The molecule has 0 N–H and O–H groups in total. The van der Waals surface area contributed by atoms with Gasteiger partial charge in [0.15, 0.2) is 0 Å². The molecule has 0 unspecified atom stereocenters. The van der Waals surface area contributed by atoms with Crippen LogP contribution in [0.5, 0.6) is 34.5 Å². The van der Waals surface area contributed by atoms with E-state index in [9.17, 15) is 0 Å². The van der Waals surface area contributed by atoms with Crippen LogP contribution >= 0.6 is 34.4 Å². The van der Waals surface area contributed by atoms with E-state index in [1.165, 1.54) is 76.4 Å². The third-order valence-corrected chi connectivity index (χ3v) is 26.1. The molecule has 22 aromatic rings. The summed E-state index contributed by atoms with van der Waals surface area (Å²) in [6.07, 6.45) is 0. The second-order valence-corrected chi connectivity index (χ2v) is 34.1. The third kappa shape index (κ3) is 15.7. The molecule has 0 aliphatic rings. The predicted octanol–water partition coefficient (Wildman–Crippen LogP) is 30.7. The zero-order chi connectivity index (χ0) is 82.9. The van der Waals surface area contributed by atoms with Gasteiger partial charge in [-0.2, -0.15) is 8.75 Å². The number of anilines is 6. The summed E-state index contributed by atoms with van der Waals surface area (Å²) in [6, 6.07) is 141. The molecular formula is C112H78N4O6S3. The molecule has 19 aromatic carbocycles. The Morgan fingerprint density at radius 2 is 0.504 bits per heavy atom. The van der Waals surface area contributed by atoms with E-state index in [0.717, 1.165) is 155 Å². The van der Waals surface area contributed by atoms with Crippen LogP contribution in [-0.2, 0) is 39.6 Å². The molecular weight excluding hydrogens is 1590 g/mol.